The van der Waals surface area contributed by atoms with E-state index in [-0.39, 0.29) is 102 Å². The van der Waals surface area contributed by atoms with Gasteiger partial charge in [-0.15, -0.1) is 0 Å². The molecule has 0 saturated carbocycles. The summed E-state index contributed by atoms with van der Waals surface area (Å²) < 4.78 is 93.2. The molecule has 0 amide bonds. The second-order valence-electron chi connectivity index (χ2n) is 29.9. The molecule has 608 valence electrons. The van der Waals surface area contributed by atoms with Crippen molar-refractivity contribution in [3.05, 3.63) is 247 Å². The highest BCUT2D eigenvalue weighted by Crippen LogP contribution is 2.51. The van der Waals surface area contributed by atoms with Gasteiger partial charge < -0.3 is 85.3 Å². The van der Waals surface area contributed by atoms with Gasteiger partial charge in [0, 0.05) is 113 Å². The highest BCUT2D eigenvalue weighted by Gasteiger charge is 2.51. The molecular formula is C87H80O30. The molecule has 2 aromatic rings. The summed E-state index contributed by atoms with van der Waals surface area (Å²) in [6.45, 7) is 10.3. The Morgan fingerprint density at radius 2 is 0.752 bits per heavy atom. The molecule has 16 atom stereocenters. The number of carbonyl (C=O) groups is 12. The smallest absolute Gasteiger partial charge is 0.338 e. The zero-order valence-electron chi connectivity index (χ0n) is 64.1. The molecule has 6 saturated heterocycles. The monoisotopic (exact) mass is 1600 g/mol. The van der Waals surface area contributed by atoms with Crippen LogP contribution in [0.1, 0.15) is 127 Å². The average Bonchev–Trinajstić information content (AvgIpc) is 1.60. The van der Waals surface area contributed by atoms with Crippen LogP contribution >= 0.6 is 0 Å². The third-order valence-electron chi connectivity index (χ3n) is 22.1. The maximum Gasteiger partial charge on any atom is 0.338 e. The fourth-order valence-electron chi connectivity index (χ4n) is 15.9. The number of benzene rings is 2. The number of hydrogen-bond donors (Lipinski definition) is 0. The molecule has 0 spiro atoms. The second kappa shape index (κ2) is 33.8. The third-order valence-corrected chi connectivity index (χ3v) is 22.1. The van der Waals surface area contributed by atoms with Crippen LogP contribution < -0.4 is 0 Å². The molecule has 0 aromatic heterocycles. The lowest BCUT2D eigenvalue weighted by molar-refractivity contribution is -0.153. The van der Waals surface area contributed by atoms with Crippen molar-refractivity contribution >= 4 is 71.6 Å². The molecule has 30 nitrogen and oxygen atoms in total. The fourth-order valence-corrected chi connectivity index (χ4v) is 15.9. The molecular weight excluding hydrogens is 1520 g/mol. The van der Waals surface area contributed by atoms with Crippen molar-refractivity contribution in [1.29, 1.82) is 0 Å². The van der Waals surface area contributed by atoms with Crippen molar-refractivity contribution in [3.63, 3.8) is 0 Å². The van der Waals surface area contributed by atoms with E-state index in [9.17, 15) is 57.5 Å². The Hall–Kier alpha value is -13.0. The van der Waals surface area contributed by atoms with Gasteiger partial charge in [-0.2, -0.15) is 0 Å². The summed E-state index contributed by atoms with van der Waals surface area (Å²) in [6.07, 6.45) is 29.1. The lowest BCUT2D eigenvalue weighted by Crippen LogP contribution is -2.14. The maximum absolute atomic E-state index is 12.1. The summed E-state index contributed by atoms with van der Waals surface area (Å²) >= 11 is 0. The van der Waals surface area contributed by atoms with Gasteiger partial charge >= 0.3 is 71.6 Å². The van der Waals surface area contributed by atoms with Crippen LogP contribution in [0.3, 0.4) is 0 Å². The Labute approximate surface area is 668 Å². The highest BCUT2D eigenvalue weighted by atomic mass is 16.7. The molecule has 0 radical (unpaired) electrons. The zero-order chi connectivity index (χ0) is 82.0. The number of carbonyl (C=O) groups excluding carboxylic acids is 12. The van der Waals surface area contributed by atoms with Gasteiger partial charge in [0.25, 0.3) is 37.7 Å². The predicted molar refractivity (Wildman–Crippen MR) is 395 cm³/mol. The summed E-state index contributed by atoms with van der Waals surface area (Å²) in [7, 11) is 0. The lowest BCUT2D eigenvalue weighted by Gasteiger charge is -2.17. The van der Waals surface area contributed by atoms with Gasteiger partial charge in [-0.1, -0.05) is 72.3 Å². The second-order valence-corrected chi connectivity index (χ2v) is 29.9. The largest absolute Gasteiger partial charge is 0.462 e. The summed E-state index contributed by atoms with van der Waals surface area (Å²) in [5, 5.41) is 0. The summed E-state index contributed by atoms with van der Waals surface area (Å²) in [5.41, 5.74) is 13.4. The van der Waals surface area contributed by atoms with Gasteiger partial charge in [-0.3, -0.25) is 0 Å². The zero-order valence-corrected chi connectivity index (χ0v) is 64.1. The maximum atomic E-state index is 12.1. The topological polar surface area (TPSA) is 371 Å². The molecule has 117 heavy (non-hydrogen) atoms. The molecule has 0 bridgehead atoms. The molecule has 6 aliphatic carbocycles. The number of fused-ring (bicyclic) bond motifs is 10. The van der Waals surface area contributed by atoms with Gasteiger partial charge in [0.05, 0.1) is 83.5 Å². The molecule has 2 aromatic carbocycles. The van der Waals surface area contributed by atoms with Crippen molar-refractivity contribution in [3.8, 4) is 0 Å². The van der Waals surface area contributed by atoms with Gasteiger partial charge in [-0.25, -0.2) is 57.5 Å². The number of hydrogen-bond acceptors (Lipinski definition) is 30. The molecule has 12 aliphatic heterocycles. The van der Waals surface area contributed by atoms with Crippen LogP contribution in [0.15, 0.2) is 225 Å². The van der Waals surface area contributed by atoms with Gasteiger partial charge in [0.15, 0.2) is 0 Å². The van der Waals surface area contributed by atoms with E-state index in [1.807, 2.05) is 72.8 Å². The number of allylic oxidation sites excluding steroid dienone is 2. The molecule has 30 heteroatoms. The molecule has 16 unspecified atom stereocenters. The molecule has 12 heterocycles. The minimum atomic E-state index is -0.775. The van der Waals surface area contributed by atoms with E-state index >= 15 is 0 Å². The van der Waals surface area contributed by atoms with Crippen LogP contribution in [0.4, 0.5) is 0 Å². The van der Waals surface area contributed by atoms with Crippen LogP contribution in [-0.2, 0) is 156 Å². The van der Waals surface area contributed by atoms with Crippen LogP contribution in [0.5, 0.6) is 0 Å². The summed E-state index contributed by atoms with van der Waals surface area (Å²) in [5.74, 6) is -4.60. The van der Waals surface area contributed by atoms with E-state index in [0.29, 0.717) is 79.9 Å². The number of esters is 12. The minimum absolute atomic E-state index is 0.0275. The van der Waals surface area contributed by atoms with Crippen molar-refractivity contribution in [2.45, 2.75) is 180 Å². The first-order chi connectivity index (χ1) is 56.4. The minimum Gasteiger partial charge on any atom is -0.462 e. The Balaban J connectivity index is 0.000000111. The van der Waals surface area contributed by atoms with Crippen LogP contribution in [0.2, 0.25) is 0 Å². The lowest BCUT2D eigenvalue weighted by atomic mass is 9.93. The first kappa shape index (κ1) is 79.2. The van der Waals surface area contributed by atoms with Crippen LogP contribution in [-0.4, -0.2) is 140 Å². The van der Waals surface area contributed by atoms with E-state index in [0.717, 1.165) is 56.1 Å². The normalized spacial score (nSPS) is 32.6. The van der Waals surface area contributed by atoms with Crippen LogP contribution in [0.25, 0.3) is 0 Å². The van der Waals surface area contributed by atoms with Crippen molar-refractivity contribution in [2.75, 3.05) is 6.61 Å². The van der Waals surface area contributed by atoms with Crippen LogP contribution in [0, 0.1) is 23.7 Å². The van der Waals surface area contributed by atoms with Gasteiger partial charge in [0.2, 0.25) is 0 Å². The Bertz CT molecular complexity index is 5050. The molecule has 0 N–H and O–H groups in total. The Morgan fingerprint density at radius 1 is 0.342 bits per heavy atom. The third kappa shape index (κ3) is 17.1. The molecule has 20 rings (SSSR count). The number of cyclic esters (lactones) is 7. The Kier molecular flexibility index (Phi) is 22.9. The first-order valence-corrected chi connectivity index (χ1v) is 38.3. The summed E-state index contributed by atoms with van der Waals surface area (Å²) in [4.78, 5) is 137. The van der Waals surface area contributed by atoms with E-state index in [2.05, 4.69) is 0 Å². The van der Waals surface area contributed by atoms with E-state index in [1.54, 1.807) is 78.0 Å². The van der Waals surface area contributed by atoms with E-state index < -0.39 is 67.6 Å². The fraction of sp³-hybridized carbons (Fsp3) is 0.379. The SMILES string of the molecule is CC1=CC(O/C=C2/C(=O)OC3C4=C(CCCC4)CC23)OC1=O.CC1=CC(O/C=C2/C(=O)OC3C=CCC23)OC1=O.CC1=CC(O/C=C2/C(=O)OC3CC=CC23)OC1=O.CC1=CC(O/C=C2/C(=O)OC3Cc4ccccc4C23)OC1=O.CC1=CC(O/C=C2/C(=O)OC3c4ccccc4CC23)OC1=O.CC1=CC(O/C=C2\CCOC2=O)OC1=O. The quantitative estimate of drug-likeness (QED) is 0.0627. The highest BCUT2D eigenvalue weighted by molar-refractivity contribution is 5.97. The number of ether oxygens (including phenoxy) is 18. The molecule has 18 aliphatic rings. The van der Waals surface area contributed by atoms with E-state index in [4.69, 9.17) is 85.3 Å². The Morgan fingerprint density at radius 3 is 1.26 bits per heavy atom. The average molecular weight is 1610 g/mol. The molecule has 6 fully saturated rings. The summed E-state index contributed by atoms with van der Waals surface area (Å²) in [6, 6.07) is 15.9. The van der Waals surface area contributed by atoms with Gasteiger partial charge in [0.1, 0.15) is 30.5 Å². The number of rotatable bonds is 12. The predicted octanol–water partition coefficient (Wildman–Crippen LogP) is 9.80. The van der Waals surface area contributed by atoms with E-state index in [1.165, 1.54) is 72.7 Å². The van der Waals surface area contributed by atoms with Crippen molar-refractivity contribution < 1.29 is 143 Å². The first-order valence-electron chi connectivity index (χ1n) is 38.3. The van der Waals surface area contributed by atoms with Crippen molar-refractivity contribution in [1.82, 2.24) is 0 Å². The van der Waals surface area contributed by atoms with Crippen molar-refractivity contribution in [2.24, 2.45) is 23.7 Å². The standard InChI is InChI=1S/C17H14O5.C17H18O5.C17H14O5.2C13H12O5.C10H10O5/c1-9-6-14(22-16(9)18)20-8-12-15-11-5-3-2-4-10(11)7-13(15)21-17(12)19;2*1-9-6-14(21-16(9)18)20-8-13-12-7-10-4-2-3-5-11(10)15(12)22-17(13)19;2*1-7-5-11(18-12(7)14)16-6-9-8-3-2-4-10(8)17-13(9)15;1-6-4-8(15-9(6)11)14-5-7-2-3-13-10(7)12/h2-6,8,13-15H,7H2,1H3;6,8,12,14-15H,2-5,7H2,1H3;2-6,8,12,14-15H,7H2,1H3;2,4-6,8,10-11H,3H2,1H3;2-3,5-6,8,10-11H,4H2,1H3;4-5,8H,2-3H2,1H3/b12-8+;2*13-8+;2*9-6+;7-5+. The van der Waals surface area contributed by atoms with Gasteiger partial charge in [-0.05, 0) is 120 Å².